The molecule has 0 spiro atoms. The van der Waals surface area contributed by atoms with Gasteiger partial charge in [-0.05, 0) is 41.3 Å². The van der Waals surface area contributed by atoms with E-state index in [0.717, 1.165) is 13.0 Å². The highest BCUT2D eigenvalue weighted by Gasteiger charge is 2.31. The molecule has 2 unspecified atom stereocenters. The van der Waals surface area contributed by atoms with Gasteiger partial charge in [-0.15, -0.1) is 0 Å². The lowest BCUT2D eigenvalue weighted by Gasteiger charge is -2.36. The lowest BCUT2D eigenvalue weighted by molar-refractivity contribution is -0.197. The molecule has 20 heavy (non-hydrogen) atoms. The number of rotatable bonds is 9. The zero-order valence-corrected chi connectivity index (χ0v) is 15.5. The summed E-state index contributed by atoms with van der Waals surface area (Å²) in [6.07, 6.45) is 12.3. The Morgan fingerprint density at radius 1 is 1.30 bits per heavy atom. The quantitative estimate of drug-likeness (QED) is 0.361. The van der Waals surface area contributed by atoms with E-state index in [2.05, 4.69) is 53.5 Å². The van der Waals surface area contributed by atoms with Crippen molar-refractivity contribution in [3.63, 3.8) is 0 Å². The topological polar surface area (TPSA) is 18.5 Å². The van der Waals surface area contributed by atoms with E-state index in [0.29, 0.717) is 0 Å². The molecule has 1 aliphatic heterocycles. The summed E-state index contributed by atoms with van der Waals surface area (Å²) in [7, 11) is 0. The molecule has 1 heterocycles. The highest BCUT2D eigenvalue weighted by atomic mass is 127. The van der Waals surface area contributed by atoms with Crippen molar-refractivity contribution in [3.05, 3.63) is 10.2 Å². The smallest absolute Gasteiger partial charge is 0.158 e. The molecular weight excluding hydrogens is 363 g/mol. The van der Waals surface area contributed by atoms with Gasteiger partial charge in [-0.2, -0.15) is 0 Å². The molecule has 0 aromatic carbocycles. The first-order chi connectivity index (χ1) is 9.60. The standard InChI is InChI=1S/C17H31IO2/c1-4-5-6-8-12-17(2,3)15(11-13-18)20-16-10-7-9-14-19-16/h11,13,15-16H,4-10,12,14H2,1-3H3. The molecule has 0 bridgehead atoms. The van der Waals surface area contributed by atoms with Crippen molar-refractivity contribution >= 4 is 22.6 Å². The molecule has 1 saturated heterocycles. The number of ether oxygens (including phenoxy) is 2. The summed E-state index contributed by atoms with van der Waals surface area (Å²) in [6.45, 7) is 7.75. The molecule has 0 aromatic rings. The summed E-state index contributed by atoms with van der Waals surface area (Å²) < 4.78 is 14.1. The fourth-order valence-corrected chi connectivity index (χ4v) is 3.06. The Balaban J connectivity index is 2.48. The van der Waals surface area contributed by atoms with Crippen LogP contribution in [0.1, 0.15) is 72.1 Å². The minimum Gasteiger partial charge on any atom is -0.353 e. The van der Waals surface area contributed by atoms with Crippen LogP contribution in [0.4, 0.5) is 0 Å². The number of hydrogen-bond donors (Lipinski definition) is 0. The predicted molar refractivity (Wildman–Crippen MR) is 94.2 cm³/mol. The molecule has 1 rings (SSSR count). The fraction of sp³-hybridized carbons (Fsp3) is 0.882. The zero-order chi connectivity index (χ0) is 14.8. The Hall–Kier alpha value is 0.390. The first-order valence-corrected chi connectivity index (χ1v) is 9.38. The van der Waals surface area contributed by atoms with Gasteiger partial charge in [0.25, 0.3) is 0 Å². The maximum atomic E-state index is 6.24. The maximum absolute atomic E-state index is 6.24. The third-order valence-electron chi connectivity index (χ3n) is 4.13. The van der Waals surface area contributed by atoms with Gasteiger partial charge in [-0.1, -0.05) is 69.0 Å². The monoisotopic (exact) mass is 394 g/mol. The van der Waals surface area contributed by atoms with Crippen LogP contribution in [0.2, 0.25) is 0 Å². The van der Waals surface area contributed by atoms with E-state index < -0.39 is 0 Å². The van der Waals surface area contributed by atoms with Crippen LogP contribution >= 0.6 is 22.6 Å². The van der Waals surface area contributed by atoms with E-state index in [1.165, 1.54) is 44.9 Å². The van der Waals surface area contributed by atoms with Crippen molar-refractivity contribution in [1.29, 1.82) is 0 Å². The number of unbranched alkanes of at least 4 members (excludes halogenated alkanes) is 3. The van der Waals surface area contributed by atoms with E-state index in [4.69, 9.17) is 9.47 Å². The molecule has 0 amide bonds. The van der Waals surface area contributed by atoms with Crippen molar-refractivity contribution in [2.75, 3.05) is 6.61 Å². The Labute approximate surface area is 138 Å². The van der Waals surface area contributed by atoms with E-state index in [-0.39, 0.29) is 17.8 Å². The van der Waals surface area contributed by atoms with Crippen LogP contribution in [0.25, 0.3) is 0 Å². The van der Waals surface area contributed by atoms with E-state index in [1.807, 2.05) is 0 Å². The van der Waals surface area contributed by atoms with Crippen LogP contribution in [0.3, 0.4) is 0 Å². The zero-order valence-electron chi connectivity index (χ0n) is 13.4. The normalized spacial score (nSPS) is 22.3. The average molecular weight is 394 g/mol. The Morgan fingerprint density at radius 2 is 2.10 bits per heavy atom. The highest BCUT2D eigenvalue weighted by Crippen LogP contribution is 2.33. The highest BCUT2D eigenvalue weighted by molar-refractivity contribution is 14.1. The Kier molecular flexibility index (Phi) is 9.38. The first kappa shape index (κ1) is 18.4. The molecule has 0 aromatic heterocycles. The van der Waals surface area contributed by atoms with Gasteiger partial charge in [-0.25, -0.2) is 0 Å². The third kappa shape index (κ3) is 6.90. The molecule has 1 fully saturated rings. The van der Waals surface area contributed by atoms with Crippen LogP contribution in [-0.2, 0) is 9.47 Å². The first-order valence-electron chi connectivity index (χ1n) is 8.14. The van der Waals surface area contributed by atoms with Crippen molar-refractivity contribution < 1.29 is 9.47 Å². The largest absolute Gasteiger partial charge is 0.353 e. The summed E-state index contributed by atoms with van der Waals surface area (Å²) in [4.78, 5) is 0. The summed E-state index contributed by atoms with van der Waals surface area (Å²) in [5.41, 5.74) is 0.177. The van der Waals surface area contributed by atoms with Gasteiger partial charge in [0.05, 0.1) is 6.10 Å². The molecule has 0 aliphatic carbocycles. The minimum atomic E-state index is -0.00346. The summed E-state index contributed by atoms with van der Waals surface area (Å²) >= 11 is 2.29. The van der Waals surface area contributed by atoms with Crippen LogP contribution in [-0.4, -0.2) is 19.0 Å². The SMILES string of the molecule is CCCCCCC(C)(C)C(C=CI)OC1CCCCO1. The lowest BCUT2D eigenvalue weighted by atomic mass is 9.81. The van der Waals surface area contributed by atoms with E-state index >= 15 is 0 Å². The molecule has 0 radical (unpaired) electrons. The third-order valence-corrected chi connectivity index (χ3v) is 4.54. The molecular formula is C17H31IO2. The van der Waals surface area contributed by atoms with Gasteiger partial charge >= 0.3 is 0 Å². The second-order valence-electron chi connectivity index (χ2n) is 6.47. The molecule has 2 atom stereocenters. The Morgan fingerprint density at radius 3 is 2.70 bits per heavy atom. The van der Waals surface area contributed by atoms with Crippen molar-refractivity contribution in [2.45, 2.75) is 84.5 Å². The molecule has 0 N–H and O–H groups in total. The average Bonchev–Trinajstić information content (AvgIpc) is 2.44. The van der Waals surface area contributed by atoms with Gasteiger partial charge in [0, 0.05) is 6.61 Å². The summed E-state index contributed by atoms with van der Waals surface area (Å²) in [5, 5.41) is 0. The molecule has 118 valence electrons. The second-order valence-corrected chi connectivity index (χ2v) is 7.19. The predicted octanol–water partition coefficient (Wildman–Crippen LogP) is 5.84. The second kappa shape index (κ2) is 10.2. The summed E-state index contributed by atoms with van der Waals surface area (Å²) in [6, 6.07) is 0. The molecule has 0 saturated carbocycles. The van der Waals surface area contributed by atoms with Crippen LogP contribution in [0.5, 0.6) is 0 Å². The van der Waals surface area contributed by atoms with E-state index in [9.17, 15) is 0 Å². The van der Waals surface area contributed by atoms with Gasteiger partial charge in [0.15, 0.2) is 6.29 Å². The molecule has 3 heteroatoms. The van der Waals surface area contributed by atoms with Crippen molar-refractivity contribution in [3.8, 4) is 0 Å². The van der Waals surface area contributed by atoms with Gasteiger partial charge < -0.3 is 9.47 Å². The van der Waals surface area contributed by atoms with Gasteiger partial charge in [-0.3, -0.25) is 0 Å². The molecule has 1 aliphatic rings. The molecule has 2 nitrogen and oxygen atoms in total. The lowest BCUT2D eigenvalue weighted by Crippen LogP contribution is -2.36. The van der Waals surface area contributed by atoms with E-state index in [1.54, 1.807) is 0 Å². The minimum absolute atomic E-state index is 0.00346. The van der Waals surface area contributed by atoms with Crippen molar-refractivity contribution in [1.82, 2.24) is 0 Å². The fourth-order valence-electron chi connectivity index (χ4n) is 2.69. The van der Waals surface area contributed by atoms with Crippen molar-refractivity contribution in [2.24, 2.45) is 5.41 Å². The Bertz CT molecular complexity index is 270. The van der Waals surface area contributed by atoms with Gasteiger partial charge in [0.1, 0.15) is 0 Å². The van der Waals surface area contributed by atoms with Crippen LogP contribution in [0.15, 0.2) is 10.2 Å². The van der Waals surface area contributed by atoms with Crippen LogP contribution in [0, 0.1) is 5.41 Å². The summed E-state index contributed by atoms with van der Waals surface area (Å²) in [5.74, 6) is 0. The van der Waals surface area contributed by atoms with Gasteiger partial charge in [0.2, 0.25) is 0 Å². The maximum Gasteiger partial charge on any atom is 0.158 e. The van der Waals surface area contributed by atoms with Crippen LogP contribution < -0.4 is 0 Å². The number of halogens is 1. The number of hydrogen-bond acceptors (Lipinski definition) is 2.